The molecule has 17 heavy (non-hydrogen) atoms. The van der Waals surface area contributed by atoms with E-state index in [-0.39, 0.29) is 14.1 Å². The zero-order chi connectivity index (χ0) is 12.5. The lowest BCUT2D eigenvalue weighted by atomic mass is 9.89. The molecule has 0 spiro atoms. The van der Waals surface area contributed by atoms with Gasteiger partial charge in [-0.15, -0.1) is 0 Å². The Labute approximate surface area is 110 Å². The van der Waals surface area contributed by atoms with Crippen LogP contribution in [0.5, 0.6) is 0 Å². The summed E-state index contributed by atoms with van der Waals surface area (Å²) in [5, 5.41) is 0. The molecule has 1 aliphatic rings. The molecule has 0 atom stereocenters. The average Bonchev–Trinajstić information content (AvgIpc) is 2.86. The van der Waals surface area contributed by atoms with Crippen LogP contribution in [0.3, 0.4) is 0 Å². The molecule has 0 saturated heterocycles. The fourth-order valence-corrected chi connectivity index (χ4v) is 4.65. The van der Waals surface area contributed by atoms with Crippen molar-refractivity contribution in [3.8, 4) is 0 Å². The molecule has 1 fully saturated rings. The van der Waals surface area contributed by atoms with Gasteiger partial charge in [-0.25, -0.2) is 18.1 Å². The van der Waals surface area contributed by atoms with E-state index in [0.717, 1.165) is 24.2 Å². The van der Waals surface area contributed by atoms with Crippen LogP contribution in [0, 0.1) is 5.41 Å². The van der Waals surface area contributed by atoms with E-state index in [1.807, 2.05) is 0 Å². The summed E-state index contributed by atoms with van der Waals surface area (Å²) >= 11 is 6.62. The van der Waals surface area contributed by atoms with Crippen LogP contribution in [-0.2, 0) is 10.0 Å². The molecule has 96 valence electrons. The number of halogens is 1. The molecule has 0 bridgehead atoms. The highest BCUT2D eigenvalue weighted by Crippen LogP contribution is 2.37. The highest BCUT2D eigenvalue weighted by atomic mass is 35.5. The molecule has 1 aliphatic carbocycles. The highest BCUT2D eigenvalue weighted by Gasteiger charge is 2.30. The van der Waals surface area contributed by atoms with Crippen LogP contribution in [0.25, 0.3) is 0 Å². The summed E-state index contributed by atoms with van der Waals surface area (Å²) in [5.41, 5.74) is 0.0988. The number of thiazole rings is 1. The topological polar surface area (TPSA) is 59.1 Å². The van der Waals surface area contributed by atoms with Crippen LogP contribution >= 0.6 is 22.9 Å². The van der Waals surface area contributed by atoms with Crippen molar-refractivity contribution in [2.45, 2.75) is 36.8 Å². The van der Waals surface area contributed by atoms with Crippen molar-refractivity contribution < 1.29 is 8.42 Å². The van der Waals surface area contributed by atoms with Crippen molar-refractivity contribution in [3.63, 3.8) is 0 Å². The van der Waals surface area contributed by atoms with E-state index in [9.17, 15) is 8.42 Å². The first-order chi connectivity index (χ1) is 7.91. The van der Waals surface area contributed by atoms with Crippen molar-refractivity contribution in [1.82, 2.24) is 9.71 Å². The minimum Gasteiger partial charge on any atom is -0.232 e. The van der Waals surface area contributed by atoms with Gasteiger partial charge in [-0.05, 0) is 18.3 Å². The first-order valence-corrected chi connectivity index (χ1v) is 8.20. The average molecular weight is 295 g/mol. The number of nitrogens with one attached hydrogen (secondary N) is 1. The molecule has 0 amide bonds. The van der Waals surface area contributed by atoms with Crippen LogP contribution in [0.2, 0.25) is 4.47 Å². The summed E-state index contributed by atoms with van der Waals surface area (Å²) in [6, 6.07) is 0. The van der Waals surface area contributed by atoms with Crippen LogP contribution in [-0.4, -0.2) is 19.9 Å². The molecular weight excluding hydrogens is 280 g/mol. The van der Waals surface area contributed by atoms with Gasteiger partial charge in [0.1, 0.15) is 0 Å². The van der Waals surface area contributed by atoms with Crippen molar-refractivity contribution in [3.05, 3.63) is 10.7 Å². The molecule has 1 saturated carbocycles. The second kappa shape index (κ2) is 4.84. The summed E-state index contributed by atoms with van der Waals surface area (Å²) in [5.74, 6) is 0. The van der Waals surface area contributed by atoms with E-state index < -0.39 is 10.0 Å². The first kappa shape index (κ1) is 13.3. The molecule has 0 aliphatic heterocycles. The summed E-state index contributed by atoms with van der Waals surface area (Å²) in [6.45, 7) is 2.62. The molecule has 7 heteroatoms. The molecule has 0 unspecified atom stereocenters. The molecule has 4 nitrogen and oxygen atoms in total. The molecule has 1 aromatic rings. The van der Waals surface area contributed by atoms with Crippen LogP contribution in [0.4, 0.5) is 0 Å². The Balaban J connectivity index is 2.03. The predicted octanol–water partition coefficient (Wildman–Crippen LogP) is 2.66. The van der Waals surface area contributed by atoms with Gasteiger partial charge in [0.2, 0.25) is 0 Å². The third-order valence-electron chi connectivity index (χ3n) is 3.22. The summed E-state index contributed by atoms with van der Waals surface area (Å²) in [7, 11) is -3.44. The Kier molecular flexibility index (Phi) is 3.77. The van der Waals surface area contributed by atoms with E-state index in [4.69, 9.17) is 11.6 Å². The second-order valence-electron chi connectivity index (χ2n) is 4.77. The van der Waals surface area contributed by atoms with Crippen molar-refractivity contribution in [2.75, 3.05) is 6.54 Å². The summed E-state index contributed by atoms with van der Waals surface area (Å²) in [6.07, 6.45) is 5.83. The SMILES string of the molecule is CC1(CNS(=O)(=O)c2cnc(Cl)s2)CCCC1. The maximum Gasteiger partial charge on any atom is 0.251 e. The van der Waals surface area contributed by atoms with Gasteiger partial charge in [-0.3, -0.25) is 0 Å². The molecule has 1 aromatic heterocycles. The van der Waals surface area contributed by atoms with Gasteiger partial charge >= 0.3 is 0 Å². The minimum atomic E-state index is -3.44. The fourth-order valence-electron chi connectivity index (χ4n) is 2.11. The number of hydrogen-bond acceptors (Lipinski definition) is 4. The Morgan fingerprint density at radius 3 is 2.71 bits per heavy atom. The first-order valence-electron chi connectivity index (χ1n) is 5.52. The maximum atomic E-state index is 11.9. The normalized spacial score (nSPS) is 19.6. The summed E-state index contributed by atoms with van der Waals surface area (Å²) < 4.78 is 27.0. The second-order valence-corrected chi connectivity index (χ2v) is 8.38. The van der Waals surface area contributed by atoms with Crippen LogP contribution < -0.4 is 4.72 Å². The summed E-state index contributed by atoms with van der Waals surface area (Å²) in [4.78, 5) is 3.74. The molecule has 1 heterocycles. The van der Waals surface area contributed by atoms with Crippen molar-refractivity contribution in [1.29, 1.82) is 0 Å². The van der Waals surface area contributed by atoms with E-state index in [1.54, 1.807) is 0 Å². The molecule has 0 radical (unpaired) electrons. The van der Waals surface area contributed by atoms with Gasteiger partial charge in [0.15, 0.2) is 8.68 Å². The zero-order valence-electron chi connectivity index (χ0n) is 9.57. The molecule has 2 rings (SSSR count). The Hall–Kier alpha value is -0.170. The van der Waals surface area contributed by atoms with Gasteiger partial charge in [-0.1, -0.05) is 42.7 Å². The van der Waals surface area contributed by atoms with Gasteiger partial charge in [-0.2, -0.15) is 0 Å². The molecule has 0 aromatic carbocycles. The van der Waals surface area contributed by atoms with Gasteiger partial charge < -0.3 is 0 Å². The number of rotatable bonds is 4. The van der Waals surface area contributed by atoms with Gasteiger partial charge in [0, 0.05) is 6.54 Å². The van der Waals surface area contributed by atoms with Gasteiger partial charge in [0.05, 0.1) is 6.20 Å². The number of aromatic nitrogens is 1. The monoisotopic (exact) mass is 294 g/mol. The van der Waals surface area contributed by atoms with E-state index in [0.29, 0.717) is 6.54 Å². The molecule has 1 N–H and O–H groups in total. The Morgan fingerprint density at radius 2 is 2.18 bits per heavy atom. The number of nitrogens with zero attached hydrogens (tertiary/aromatic N) is 1. The van der Waals surface area contributed by atoms with Crippen LogP contribution in [0.1, 0.15) is 32.6 Å². The number of hydrogen-bond donors (Lipinski definition) is 1. The zero-order valence-corrected chi connectivity index (χ0v) is 12.0. The standard InChI is InChI=1S/C10H15ClN2O2S2/c1-10(4-2-3-5-10)7-13-17(14,15)8-6-12-9(11)16-8/h6,13H,2-5,7H2,1H3. The lowest BCUT2D eigenvalue weighted by molar-refractivity contribution is 0.336. The number of sulfonamides is 1. The lowest BCUT2D eigenvalue weighted by Gasteiger charge is -2.23. The lowest BCUT2D eigenvalue weighted by Crippen LogP contribution is -2.33. The smallest absolute Gasteiger partial charge is 0.232 e. The predicted molar refractivity (Wildman–Crippen MR) is 68.9 cm³/mol. The molecular formula is C10H15ClN2O2S2. The highest BCUT2D eigenvalue weighted by molar-refractivity contribution is 7.91. The van der Waals surface area contributed by atoms with Crippen molar-refractivity contribution in [2.24, 2.45) is 5.41 Å². The Morgan fingerprint density at radius 1 is 1.53 bits per heavy atom. The van der Waals surface area contributed by atoms with Gasteiger partial charge in [0.25, 0.3) is 10.0 Å². The third-order valence-corrected chi connectivity index (χ3v) is 6.20. The fraction of sp³-hybridized carbons (Fsp3) is 0.700. The van der Waals surface area contributed by atoms with E-state index >= 15 is 0 Å². The minimum absolute atomic E-state index is 0.0988. The largest absolute Gasteiger partial charge is 0.251 e. The van der Waals surface area contributed by atoms with Crippen LogP contribution in [0.15, 0.2) is 10.4 Å². The van der Waals surface area contributed by atoms with E-state index in [1.165, 1.54) is 19.0 Å². The van der Waals surface area contributed by atoms with E-state index in [2.05, 4.69) is 16.6 Å². The Bertz CT molecular complexity index is 492. The quantitative estimate of drug-likeness (QED) is 0.929. The third kappa shape index (κ3) is 3.19. The van der Waals surface area contributed by atoms with Crippen molar-refractivity contribution >= 4 is 33.0 Å². The maximum absolute atomic E-state index is 11.9.